The van der Waals surface area contributed by atoms with E-state index < -0.39 is 0 Å². The molecule has 0 heterocycles. The molecule has 3 rings (SSSR count). The number of fused-ring (bicyclic) bond motifs is 3. The Morgan fingerprint density at radius 3 is 2.44 bits per heavy atom. The molecule has 0 aromatic rings. The number of unbranched alkanes of at least 4 members (excludes halogenated alkanes) is 1. The van der Waals surface area contributed by atoms with E-state index in [1.165, 1.54) is 70.6 Å². The summed E-state index contributed by atoms with van der Waals surface area (Å²) in [4.78, 5) is 0. The zero-order valence-electron chi connectivity index (χ0n) is 17.5. The number of hydrogen-bond acceptors (Lipinski definition) is 1. The Labute approximate surface area is 157 Å². The average molecular weight is 349 g/mol. The highest BCUT2D eigenvalue weighted by Gasteiger charge is 2.56. The van der Waals surface area contributed by atoms with Crippen molar-refractivity contribution in [2.24, 2.45) is 46.8 Å². The van der Waals surface area contributed by atoms with E-state index in [1.807, 2.05) is 0 Å². The molecule has 3 saturated carbocycles. The van der Waals surface area contributed by atoms with Gasteiger partial charge in [0.25, 0.3) is 0 Å². The van der Waals surface area contributed by atoms with Crippen LogP contribution in [0.3, 0.4) is 0 Å². The van der Waals surface area contributed by atoms with Gasteiger partial charge < -0.3 is 5.11 Å². The van der Waals surface area contributed by atoms with Crippen LogP contribution in [0.2, 0.25) is 0 Å². The largest absolute Gasteiger partial charge is 0.396 e. The van der Waals surface area contributed by atoms with Crippen molar-refractivity contribution < 1.29 is 5.11 Å². The van der Waals surface area contributed by atoms with Gasteiger partial charge in [-0.25, -0.2) is 0 Å². The summed E-state index contributed by atoms with van der Waals surface area (Å²) < 4.78 is 0. The Kier molecular flexibility index (Phi) is 6.56. The van der Waals surface area contributed by atoms with Crippen molar-refractivity contribution in [3.8, 4) is 0 Å². The van der Waals surface area contributed by atoms with Crippen molar-refractivity contribution in [2.45, 2.75) is 98.3 Å². The summed E-state index contributed by atoms with van der Waals surface area (Å²) in [6.07, 6.45) is 15.9. The zero-order chi connectivity index (χ0) is 18.0. The standard InChI is InChI=1S/C24H44O/c1-5-7-9-18-10-11-21-20(19(18)8-6-2)14-15-24(4)22(17(3)16-25)12-13-23(21)24/h17-23,25H,5-16H2,1-4H3. The second-order valence-corrected chi connectivity index (χ2v) is 10.3. The van der Waals surface area contributed by atoms with Gasteiger partial charge in [-0.1, -0.05) is 59.8 Å². The number of rotatable bonds is 7. The van der Waals surface area contributed by atoms with E-state index in [0.29, 0.717) is 17.9 Å². The first-order valence-corrected chi connectivity index (χ1v) is 11.7. The van der Waals surface area contributed by atoms with E-state index in [2.05, 4.69) is 27.7 Å². The molecule has 0 spiro atoms. The van der Waals surface area contributed by atoms with E-state index in [4.69, 9.17) is 0 Å². The molecule has 3 fully saturated rings. The van der Waals surface area contributed by atoms with Crippen LogP contribution < -0.4 is 0 Å². The molecule has 3 aliphatic rings. The summed E-state index contributed by atoms with van der Waals surface area (Å²) in [5.41, 5.74) is 0.524. The molecule has 0 aromatic carbocycles. The first-order chi connectivity index (χ1) is 12.1. The third-order valence-electron chi connectivity index (χ3n) is 9.12. The molecule has 0 amide bonds. The molecule has 1 heteroatoms. The van der Waals surface area contributed by atoms with Gasteiger partial charge in [0.05, 0.1) is 0 Å². The summed E-state index contributed by atoms with van der Waals surface area (Å²) in [7, 11) is 0. The van der Waals surface area contributed by atoms with Gasteiger partial charge in [0.15, 0.2) is 0 Å². The van der Waals surface area contributed by atoms with Crippen LogP contribution in [0.1, 0.15) is 98.3 Å². The lowest BCUT2D eigenvalue weighted by Gasteiger charge is -2.55. The number of hydrogen-bond donors (Lipinski definition) is 1. The highest BCUT2D eigenvalue weighted by Crippen LogP contribution is 2.64. The van der Waals surface area contributed by atoms with Gasteiger partial charge in [0.1, 0.15) is 0 Å². The summed E-state index contributed by atoms with van der Waals surface area (Å²) in [6, 6.07) is 0. The highest BCUT2D eigenvalue weighted by molar-refractivity contribution is 5.06. The fourth-order valence-corrected chi connectivity index (χ4v) is 7.94. The number of aliphatic hydroxyl groups is 1. The van der Waals surface area contributed by atoms with Crippen molar-refractivity contribution in [1.82, 2.24) is 0 Å². The highest BCUT2D eigenvalue weighted by atomic mass is 16.3. The van der Waals surface area contributed by atoms with Gasteiger partial charge in [-0.2, -0.15) is 0 Å². The predicted octanol–water partition coefficient (Wildman–Crippen LogP) is 6.69. The van der Waals surface area contributed by atoms with Gasteiger partial charge in [0, 0.05) is 6.61 Å². The lowest BCUT2D eigenvalue weighted by Crippen LogP contribution is -2.48. The number of aliphatic hydroxyl groups excluding tert-OH is 1. The molecule has 0 aliphatic heterocycles. The second-order valence-electron chi connectivity index (χ2n) is 10.3. The molecule has 1 N–H and O–H groups in total. The normalized spacial score (nSPS) is 45.0. The van der Waals surface area contributed by atoms with Crippen LogP contribution in [-0.2, 0) is 0 Å². The van der Waals surface area contributed by atoms with E-state index in [-0.39, 0.29) is 0 Å². The Morgan fingerprint density at radius 2 is 1.76 bits per heavy atom. The summed E-state index contributed by atoms with van der Waals surface area (Å²) in [5.74, 6) is 6.30. The van der Waals surface area contributed by atoms with Crippen LogP contribution in [0, 0.1) is 46.8 Å². The van der Waals surface area contributed by atoms with Crippen LogP contribution in [0.4, 0.5) is 0 Å². The topological polar surface area (TPSA) is 20.2 Å². The monoisotopic (exact) mass is 348 g/mol. The molecule has 0 radical (unpaired) electrons. The van der Waals surface area contributed by atoms with Gasteiger partial charge >= 0.3 is 0 Å². The minimum Gasteiger partial charge on any atom is -0.396 e. The molecule has 0 aromatic heterocycles. The molecule has 0 bridgehead atoms. The lowest BCUT2D eigenvalue weighted by molar-refractivity contribution is -0.0655. The zero-order valence-corrected chi connectivity index (χ0v) is 17.5. The van der Waals surface area contributed by atoms with Gasteiger partial charge in [0.2, 0.25) is 0 Å². The Bertz CT molecular complexity index is 418. The van der Waals surface area contributed by atoms with Gasteiger partial charge in [-0.05, 0) is 85.4 Å². The molecule has 1 nitrogen and oxygen atoms in total. The summed E-state index contributed by atoms with van der Waals surface area (Å²) in [5, 5.41) is 9.76. The van der Waals surface area contributed by atoms with E-state index in [0.717, 1.165) is 35.5 Å². The molecule has 3 aliphatic carbocycles. The molecule has 25 heavy (non-hydrogen) atoms. The maximum atomic E-state index is 9.76. The van der Waals surface area contributed by atoms with E-state index in [9.17, 15) is 5.11 Å². The molecular formula is C24H44O. The average Bonchev–Trinajstić information content (AvgIpc) is 2.97. The third kappa shape index (κ3) is 3.56. The SMILES string of the molecule is CCCCC1CCC2C(CCC3(C)C(C(C)CO)CCC23)C1CCC. The Morgan fingerprint density at radius 1 is 0.960 bits per heavy atom. The van der Waals surface area contributed by atoms with Crippen LogP contribution in [0.5, 0.6) is 0 Å². The van der Waals surface area contributed by atoms with Crippen molar-refractivity contribution in [3.63, 3.8) is 0 Å². The molecule has 8 unspecified atom stereocenters. The first kappa shape index (κ1) is 19.7. The molecule has 146 valence electrons. The second kappa shape index (κ2) is 8.32. The third-order valence-corrected chi connectivity index (χ3v) is 9.12. The molecule has 0 saturated heterocycles. The van der Waals surface area contributed by atoms with Crippen molar-refractivity contribution >= 4 is 0 Å². The minimum absolute atomic E-state index is 0.388. The van der Waals surface area contributed by atoms with Crippen molar-refractivity contribution in [1.29, 1.82) is 0 Å². The van der Waals surface area contributed by atoms with E-state index >= 15 is 0 Å². The maximum absolute atomic E-state index is 9.76. The minimum atomic E-state index is 0.388. The summed E-state index contributed by atoms with van der Waals surface area (Å²) >= 11 is 0. The first-order valence-electron chi connectivity index (χ1n) is 11.7. The predicted molar refractivity (Wildman–Crippen MR) is 107 cm³/mol. The van der Waals surface area contributed by atoms with Gasteiger partial charge in [-0.3, -0.25) is 0 Å². The smallest absolute Gasteiger partial charge is 0.0459 e. The molecule has 8 atom stereocenters. The Balaban J connectivity index is 1.76. The van der Waals surface area contributed by atoms with Crippen LogP contribution in [-0.4, -0.2) is 11.7 Å². The van der Waals surface area contributed by atoms with Crippen LogP contribution in [0.15, 0.2) is 0 Å². The molecular weight excluding hydrogens is 304 g/mol. The lowest BCUT2D eigenvalue weighted by atomic mass is 9.50. The maximum Gasteiger partial charge on any atom is 0.0459 e. The Hall–Kier alpha value is -0.0400. The summed E-state index contributed by atoms with van der Waals surface area (Å²) in [6.45, 7) is 10.1. The van der Waals surface area contributed by atoms with Crippen molar-refractivity contribution in [2.75, 3.05) is 6.61 Å². The van der Waals surface area contributed by atoms with Gasteiger partial charge in [-0.15, -0.1) is 0 Å². The quantitative estimate of drug-likeness (QED) is 0.543. The van der Waals surface area contributed by atoms with Crippen LogP contribution in [0.25, 0.3) is 0 Å². The van der Waals surface area contributed by atoms with E-state index in [1.54, 1.807) is 0 Å². The fraction of sp³-hybridized carbons (Fsp3) is 1.00. The fourth-order valence-electron chi connectivity index (χ4n) is 7.94. The van der Waals surface area contributed by atoms with Crippen molar-refractivity contribution in [3.05, 3.63) is 0 Å². The van der Waals surface area contributed by atoms with Crippen LogP contribution >= 0.6 is 0 Å².